The predicted molar refractivity (Wildman–Crippen MR) is 54.3 cm³/mol. The van der Waals surface area contributed by atoms with Gasteiger partial charge in [0, 0.05) is 32.7 Å². The van der Waals surface area contributed by atoms with Gasteiger partial charge in [0.1, 0.15) is 0 Å². The standard InChI is InChI=1S/C12H9.H2O.Y/c1-3-7-11(8-4-1)12-9-5-2-6-10-12;;/h1,3-10H;1H2;/q-1;;. The third-order valence-corrected chi connectivity index (χ3v) is 1.83. The Labute approximate surface area is 109 Å². The number of hydrogen-bond acceptors (Lipinski definition) is 0. The molecule has 2 aromatic carbocycles. The van der Waals surface area contributed by atoms with Crippen molar-refractivity contribution in [2.45, 2.75) is 0 Å². The summed E-state index contributed by atoms with van der Waals surface area (Å²) in [7, 11) is 0. The first-order valence-corrected chi connectivity index (χ1v) is 3.98. The van der Waals surface area contributed by atoms with Gasteiger partial charge in [0.05, 0.1) is 0 Å². The summed E-state index contributed by atoms with van der Waals surface area (Å²) in [5, 5.41) is 0. The van der Waals surface area contributed by atoms with E-state index in [1.165, 1.54) is 11.1 Å². The fourth-order valence-electron chi connectivity index (χ4n) is 1.21. The summed E-state index contributed by atoms with van der Waals surface area (Å²) in [6, 6.07) is 21.3. The summed E-state index contributed by atoms with van der Waals surface area (Å²) in [6.45, 7) is 0. The van der Waals surface area contributed by atoms with Crippen LogP contribution >= 0.6 is 0 Å². The van der Waals surface area contributed by atoms with Crippen LogP contribution in [0.4, 0.5) is 0 Å². The topological polar surface area (TPSA) is 31.5 Å². The van der Waals surface area contributed by atoms with Gasteiger partial charge in [-0.3, -0.25) is 0 Å². The molecule has 0 saturated carbocycles. The van der Waals surface area contributed by atoms with Crippen LogP contribution in [0.5, 0.6) is 0 Å². The van der Waals surface area contributed by atoms with Gasteiger partial charge in [-0.2, -0.15) is 30.3 Å². The number of rotatable bonds is 1. The molecule has 0 unspecified atom stereocenters. The second kappa shape index (κ2) is 6.88. The summed E-state index contributed by atoms with van der Waals surface area (Å²) in [5.74, 6) is 0. The molecule has 0 atom stereocenters. The van der Waals surface area contributed by atoms with E-state index in [0.717, 1.165) is 0 Å². The molecule has 0 amide bonds. The van der Waals surface area contributed by atoms with Crippen LogP contribution in [-0.4, -0.2) is 5.48 Å². The van der Waals surface area contributed by atoms with Gasteiger partial charge < -0.3 is 5.48 Å². The van der Waals surface area contributed by atoms with E-state index in [-0.39, 0.29) is 38.2 Å². The second-order valence-corrected chi connectivity index (χ2v) is 2.65. The molecule has 0 saturated heterocycles. The first kappa shape index (κ1) is 13.5. The third kappa shape index (κ3) is 3.34. The molecule has 1 nitrogen and oxygen atoms in total. The molecule has 69 valence electrons. The van der Waals surface area contributed by atoms with Gasteiger partial charge in [0.2, 0.25) is 0 Å². The van der Waals surface area contributed by atoms with Crippen molar-refractivity contribution in [3.8, 4) is 11.1 Å². The number of benzene rings is 2. The molecule has 2 heteroatoms. The molecule has 0 bridgehead atoms. The summed E-state index contributed by atoms with van der Waals surface area (Å²) in [4.78, 5) is 0. The fourth-order valence-corrected chi connectivity index (χ4v) is 1.21. The van der Waals surface area contributed by atoms with E-state index in [1.54, 1.807) is 0 Å². The molecule has 0 aliphatic rings. The molecule has 0 spiro atoms. The molecule has 0 fully saturated rings. The van der Waals surface area contributed by atoms with Gasteiger partial charge in [-0.1, -0.05) is 30.3 Å². The summed E-state index contributed by atoms with van der Waals surface area (Å²) in [6.07, 6.45) is 0. The quantitative estimate of drug-likeness (QED) is 0.705. The Bertz CT molecular complexity index is 308. The Morgan fingerprint density at radius 2 is 1.21 bits per heavy atom. The van der Waals surface area contributed by atoms with Crippen LogP contribution in [0.3, 0.4) is 0 Å². The molecule has 14 heavy (non-hydrogen) atoms. The van der Waals surface area contributed by atoms with Gasteiger partial charge in [0.25, 0.3) is 0 Å². The van der Waals surface area contributed by atoms with E-state index in [4.69, 9.17) is 0 Å². The van der Waals surface area contributed by atoms with E-state index in [2.05, 4.69) is 30.3 Å². The van der Waals surface area contributed by atoms with Crippen molar-refractivity contribution in [1.82, 2.24) is 0 Å². The smallest absolute Gasteiger partial charge is 0 e. The normalized spacial score (nSPS) is 8.29. The summed E-state index contributed by atoms with van der Waals surface area (Å²) >= 11 is 0. The van der Waals surface area contributed by atoms with Gasteiger partial charge in [-0.25, -0.2) is 0 Å². The summed E-state index contributed by atoms with van der Waals surface area (Å²) in [5.41, 5.74) is 2.50. The van der Waals surface area contributed by atoms with E-state index in [0.29, 0.717) is 0 Å². The predicted octanol–water partition coefficient (Wildman–Crippen LogP) is 2.33. The van der Waals surface area contributed by atoms with Crippen LogP contribution in [0.1, 0.15) is 0 Å². The van der Waals surface area contributed by atoms with Crippen molar-refractivity contribution >= 4 is 0 Å². The Balaban J connectivity index is 0.000000845. The molecular formula is C12H11OY-. The van der Waals surface area contributed by atoms with Crippen molar-refractivity contribution in [1.29, 1.82) is 0 Å². The zero-order valence-corrected chi connectivity index (χ0v) is 10.6. The average molecular weight is 260 g/mol. The molecule has 2 rings (SSSR count). The zero-order valence-electron chi connectivity index (χ0n) is 7.77. The average Bonchev–Trinajstić information content (AvgIpc) is 2.21. The van der Waals surface area contributed by atoms with E-state index < -0.39 is 0 Å². The molecular weight excluding hydrogens is 249 g/mol. The first-order valence-electron chi connectivity index (χ1n) is 3.98. The molecule has 0 heterocycles. The first-order chi connectivity index (χ1) is 5.97. The van der Waals surface area contributed by atoms with Crippen LogP contribution in [0.25, 0.3) is 11.1 Å². The molecule has 2 aromatic rings. The minimum absolute atomic E-state index is 0. The Morgan fingerprint density at radius 1 is 0.714 bits per heavy atom. The van der Waals surface area contributed by atoms with Crippen LogP contribution in [0, 0.1) is 6.07 Å². The SMILES string of the molecule is O.[Y].[c-]1ccc(-c2ccccc2)cc1. The van der Waals surface area contributed by atoms with Gasteiger partial charge in [0.15, 0.2) is 0 Å². The second-order valence-electron chi connectivity index (χ2n) is 2.65. The number of hydrogen-bond donors (Lipinski definition) is 0. The minimum atomic E-state index is 0. The van der Waals surface area contributed by atoms with E-state index in [9.17, 15) is 0 Å². The van der Waals surface area contributed by atoms with Crippen molar-refractivity contribution in [3.05, 3.63) is 60.7 Å². The van der Waals surface area contributed by atoms with Crippen molar-refractivity contribution < 1.29 is 38.2 Å². The van der Waals surface area contributed by atoms with Crippen LogP contribution in [0.2, 0.25) is 0 Å². The maximum Gasteiger partial charge on any atom is 0 e. The third-order valence-electron chi connectivity index (χ3n) is 1.83. The zero-order chi connectivity index (χ0) is 8.23. The molecule has 0 aromatic heterocycles. The molecule has 0 aliphatic carbocycles. The maximum absolute atomic E-state index is 3.00. The molecule has 2 N–H and O–H groups in total. The van der Waals surface area contributed by atoms with Gasteiger partial charge >= 0.3 is 0 Å². The van der Waals surface area contributed by atoms with Gasteiger partial charge in [-0.05, 0) is 5.56 Å². The van der Waals surface area contributed by atoms with Crippen molar-refractivity contribution in [3.63, 3.8) is 0 Å². The molecule has 0 aliphatic heterocycles. The summed E-state index contributed by atoms with van der Waals surface area (Å²) < 4.78 is 0. The van der Waals surface area contributed by atoms with Gasteiger partial charge in [-0.15, -0.1) is 5.56 Å². The fraction of sp³-hybridized carbons (Fsp3) is 0. The molecule has 1 radical (unpaired) electrons. The van der Waals surface area contributed by atoms with E-state index in [1.807, 2.05) is 30.3 Å². The largest absolute Gasteiger partial charge is 0.412 e. The van der Waals surface area contributed by atoms with E-state index >= 15 is 0 Å². The van der Waals surface area contributed by atoms with Crippen molar-refractivity contribution in [2.24, 2.45) is 0 Å². The van der Waals surface area contributed by atoms with Crippen LogP contribution in [0.15, 0.2) is 54.6 Å². The Kier molecular flexibility index (Phi) is 6.64. The van der Waals surface area contributed by atoms with Crippen LogP contribution < -0.4 is 0 Å². The maximum atomic E-state index is 3.00. The van der Waals surface area contributed by atoms with Crippen LogP contribution in [-0.2, 0) is 32.7 Å². The minimum Gasteiger partial charge on any atom is -0.412 e. The Hall–Kier alpha value is -0.496. The Morgan fingerprint density at radius 3 is 1.79 bits per heavy atom. The monoisotopic (exact) mass is 260 g/mol. The van der Waals surface area contributed by atoms with Crippen molar-refractivity contribution in [2.75, 3.05) is 0 Å².